The van der Waals surface area contributed by atoms with Gasteiger partial charge in [0.05, 0.1) is 17.3 Å². The van der Waals surface area contributed by atoms with Gasteiger partial charge in [-0.1, -0.05) is 50.6 Å². The lowest BCUT2D eigenvalue weighted by Gasteiger charge is -2.29. The number of carbonyl (C=O) groups is 2. The number of aryl methyl sites for hydroxylation is 2. The van der Waals surface area contributed by atoms with E-state index in [1.165, 1.54) is 0 Å². The molecule has 1 fully saturated rings. The van der Waals surface area contributed by atoms with Crippen molar-refractivity contribution in [1.82, 2.24) is 9.88 Å². The van der Waals surface area contributed by atoms with Crippen molar-refractivity contribution in [2.24, 2.45) is 17.6 Å². The normalized spacial score (nSPS) is 14.1. The molecular formula is C27H40Cl2N4O3. The minimum Gasteiger partial charge on any atom is -0.376 e. The van der Waals surface area contributed by atoms with Gasteiger partial charge < -0.3 is 15.4 Å². The molecular weight excluding hydrogens is 499 g/mol. The topological polar surface area (TPSA) is 97.5 Å². The van der Waals surface area contributed by atoms with Gasteiger partial charge in [0.1, 0.15) is 0 Å². The largest absolute Gasteiger partial charge is 0.419 e. The molecule has 0 aliphatic carbocycles. The number of nitrogens with two attached hydrogens (primary N) is 1. The van der Waals surface area contributed by atoms with E-state index in [4.69, 9.17) is 15.5 Å². The lowest BCUT2D eigenvalue weighted by Crippen LogP contribution is -2.37. The fraction of sp³-hybridized carbons (Fsp3) is 0.519. The first kappa shape index (κ1) is 31.8. The number of rotatable bonds is 7. The average Bonchev–Trinajstić information content (AvgIpc) is 2.80. The standard InChI is InChI=1S/C27H38N4O3.2ClH/c1-6-31-13-11-21(12-14-31)26(32)34-27(33)30-25-19(5)29-23(15-17(2)3)22(16-28)24(25)20-9-7-18(4)8-10-20;;/h7-10,17,21H,6,11-16,28H2,1-5H3,(H,30,33);2*1H. The van der Waals surface area contributed by atoms with Crippen molar-refractivity contribution in [1.29, 1.82) is 0 Å². The van der Waals surface area contributed by atoms with Crippen molar-refractivity contribution in [2.75, 3.05) is 25.0 Å². The summed E-state index contributed by atoms with van der Waals surface area (Å²) in [4.78, 5) is 32.5. The summed E-state index contributed by atoms with van der Waals surface area (Å²) < 4.78 is 5.23. The maximum atomic E-state index is 12.8. The third-order valence-corrected chi connectivity index (χ3v) is 6.50. The summed E-state index contributed by atoms with van der Waals surface area (Å²) >= 11 is 0. The second-order valence-electron chi connectivity index (χ2n) is 9.58. The van der Waals surface area contributed by atoms with Crippen LogP contribution < -0.4 is 11.1 Å². The number of nitrogens with one attached hydrogen (secondary N) is 1. The van der Waals surface area contributed by atoms with E-state index in [0.29, 0.717) is 30.1 Å². The minimum absolute atomic E-state index is 0. The van der Waals surface area contributed by atoms with Crippen molar-refractivity contribution < 1.29 is 14.3 Å². The van der Waals surface area contributed by atoms with Crippen LogP contribution in [0.5, 0.6) is 0 Å². The van der Waals surface area contributed by atoms with Gasteiger partial charge in [-0.25, -0.2) is 4.79 Å². The first-order valence-electron chi connectivity index (χ1n) is 12.3. The minimum atomic E-state index is -0.777. The van der Waals surface area contributed by atoms with Crippen LogP contribution in [-0.4, -0.2) is 41.6 Å². The molecule has 9 heteroatoms. The Morgan fingerprint density at radius 1 is 1.14 bits per heavy atom. The number of pyridine rings is 1. The number of anilines is 1. The number of ether oxygens (including phenoxy) is 1. The van der Waals surface area contributed by atoms with Crippen LogP contribution in [0.3, 0.4) is 0 Å². The van der Waals surface area contributed by atoms with Crippen LogP contribution in [0.4, 0.5) is 10.5 Å². The zero-order chi connectivity index (χ0) is 24.8. The average molecular weight is 540 g/mol. The fourth-order valence-corrected chi connectivity index (χ4v) is 4.56. The number of likely N-dealkylation sites (tertiary alicyclic amines) is 1. The first-order chi connectivity index (χ1) is 16.2. The molecule has 0 radical (unpaired) electrons. The van der Waals surface area contributed by atoms with Crippen molar-refractivity contribution >= 4 is 42.6 Å². The molecule has 1 saturated heterocycles. The molecule has 3 N–H and O–H groups in total. The summed E-state index contributed by atoms with van der Waals surface area (Å²) in [5.74, 6) is -0.313. The molecule has 0 bridgehead atoms. The van der Waals surface area contributed by atoms with E-state index in [1.54, 1.807) is 0 Å². The van der Waals surface area contributed by atoms with Gasteiger partial charge in [-0.2, -0.15) is 0 Å². The molecule has 0 spiro atoms. The first-order valence-corrected chi connectivity index (χ1v) is 12.3. The zero-order valence-electron chi connectivity index (χ0n) is 21.9. The SMILES string of the molecule is CCN1CCC(C(=O)OC(=O)Nc2c(C)nc(CC(C)C)c(CN)c2-c2ccc(C)cc2)CC1.Cl.Cl. The molecule has 1 aromatic carbocycles. The molecule has 0 saturated carbocycles. The lowest BCUT2D eigenvalue weighted by molar-refractivity contribution is -0.143. The molecule has 1 aliphatic rings. The Labute approximate surface area is 227 Å². The predicted molar refractivity (Wildman–Crippen MR) is 150 cm³/mol. The van der Waals surface area contributed by atoms with E-state index in [2.05, 4.69) is 31.0 Å². The molecule has 1 aromatic heterocycles. The van der Waals surface area contributed by atoms with Crippen LogP contribution >= 0.6 is 24.8 Å². The summed E-state index contributed by atoms with van der Waals surface area (Å²) in [6.07, 6.45) is 1.42. The second-order valence-corrected chi connectivity index (χ2v) is 9.58. The number of hydrogen-bond acceptors (Lipinski definition) is 6. The van der Waals surface area contributed by atoms with Crippen LogP contribution in [0, 0.1) is 25.7 Å². The third-order valence-electron chi connectivity index (χ3n) is 6.50. The summed E-state index contributed by atoms with van der Waals surface area (Å²) in [6.45, 7) is 13.2. The Hall–Kier alpha value is -2.19. The number of benzene rings is 1. The molecule has 2 heterocycles. The van der Waals surface area contributed by atoms with Gasteiger partial charge in [0.25, 0.3) is 0 Å². The number of piperidine rings is 1. The van der Waals surface area contributed by atoms with Crippen molar-refractivity contribution in [3.8, 4) is 11.1 Å². The number of nitrogens with zero attached hydrogens (tertiary/aromatic N) is 2. The van der Waals surface area contributed by atoms with Gasteiger partial charge in [-0.05, 0) is 69.8 Å². The van der Waals surface area contributed by atoms with Crippen molar-refractivity contribution in [2.45, 2.75) is 60.4 Å². The van der Waals surface area contributed by atoms with Gasteiger partial charge in [0, 0.05) is 17.8 Å². The fourth-order valence-electron chi connectivity index (χ4n) is 4.56. The van der Waals surface area contributed by atoms with E-state index in [9.17, 15) is 9.59 Å². The quantitative estimate of drug-likeness (QED) is 0.348. The van der Waals surface area contributed by atoms with E-state index in [0.717, 1.165) is 54.0 Å². The number of esters is 1. The van der Waals surface area contributed by atoms with Crippen LogP contribution in [0.1, 0.15) is 56.1 Å². The van der Waals surface area contributed by atoms with Gasteiger partial charge in [-0.3, -0.25) is 15.1 Å². The number of aromatic nitrogens is 1. The predicted octanol–water partition coefficient (Wildman–Crippen LogP) is 5.67. The molecule has 1 amide bonds. The van der Waals surface area contributed by atoms with Gasteiger partial charge in [0.2, 0.25) is 0 Å². The molecule has 0 atom stereocenters. The monoisotopic (exact) mass is 538 g/mol. The highest BCUT2D eigenvalue weighted by atomic mass is 35.5. The number of halogens is 2. The third kappa shape index (κ3) is 7.90. The number of carbonyl (C=O) groups excluding carboxylic acids is 2. The number of hydrogen-bond donors (Lipinski definition) is 2. The highest BCUT2D eigenvalue weighted by molar-refractivity contribution is 5.98. The van der Waals surface area contributed by atoms with Crippen LogP contribution in [0.25, 0.3) is 11.1 Å². The summed E-state index contributed by atoms with van der Waals surface area (Å²) in [5, 5.41) is 2.83. The Morgan fingerprint density at radius 3 is 2.28 bits per heavy atom. The highest BCUT2D eigenvalue weighted by Crippen LogP contribution is 2.36. The Balaban J connectivity index is 0.00000324. The van der Waals surface area contributed by atoms with Crippen LogP contribution in [-0.2, 0) is 22.5 Å². The van der Waals surface area contributed by atoms with E-state index in [-0.39, 0.29) is 37.3 Å². The maximum Gasteiger partial charge on any atom is 0.419 e. The van der Waals surface area contributed by atoms with Crippen LogP contribution in [0.2, 0.25) is 0 Å². The second kappa shape index (κ2) is 14.5. The van der Waals surface area contributed by atoms with Gasteiger partial charge in [-0.15, -0.1) is 24.8 Å². The summed E-state index contributed by atoms with van der Waals surface area (Å²) in [6, 6.07) is 8.10. The maximum absolute atomic E-state index is 12.8. The summed E-state index contributed by atoms with van der Waals surface area (Å²) in [7, 11) is 0. The molecule has 2 aromatic rings. The van der Waals surface area contributed by atoms with Gasteiger partial charge in [0.15, 0.2) is 0 Å². The number of amides is 1. The Morgan fingerprint density at radius 2 is 1.75 bits per heavy atom. The Bertz CT molecular complexity index is 1020. The van der Waals surface area contributed by atoms with Crippen molar-refractivity contribution in [3.63, 3.8) is 0 Å². The van der Waals surface area contributed by atoms with Crippen molar-refractivity contribution in [3.05, 3.63) is 46.8 Å². The molecule has 200 valence electrons. The molecule has 0 unspecified atom stereocenters. The smallest absolute Gasteiger partial charge is 0.376 e. The lowest BCUT2D eigenvalue weighted by atomic mass is 9.92. The zero-order valence-corrected chi connectivity index (χ0v) is 23.6. The Kier molecular flexibility index (Phi) is 12.8. The summed E-state index contributed by atoms with van der Waals surface area (Å²) in [5.41, 5.74) is 12.2. The van der Waals surface area contributed by atoms with E-state index in [1.807, 2.05) is 38.1 Å². The molecule has 7 nitrogen and oxygen atoms in total. The highest BCUT2D eigenvalue weighted by Gasteiger charge is 2.28. The molecule has 3 rings (SSSR count). The van der Waals surface area contributed by atoms with Gasteiger partial charge >= 0.3 is 12.1 Å². The molecule has 36 heavy (non-hydrogen) atoms. The van der Waals surface area contributed by atoms with Crippen LogP contribution in [0.15, 0.2) is 24.3 Å². The van der Waals surface area contributed by atoms with E-state index < -0.39 is 12.1 Å². The molecule has 1 aliphatic heterocycles. The van der Waals surface area contributed by atoms with E-state index >= 15 is 0 Å².